The molecule has 1 aliphatic carbocycles. The van der Waals surface area contributed by atoms with Crippen molar-refractivity contribution in [2.24, 2.45) is 5.92 Å². The van der Waals surface area contributed by atoms with Crippen LogP contribution < -0.4 is 11.1 Å². The number of anilines is 1. The van der Waals surface area contributed by atoms with E-state index in [9.17, 15) is 0 Å². The van der Waals surface area contributed by atoms with E-state index in [0.717, 1.165) is 24.5 Å². The van der Waals surface area contributed by atoms with Crippen LogP contribution in [0.2, 0.25) is 0 Å². The van der Waals surface area contributed by atoms with E-state index in [-0.39, 0.29) is 0 Å². The van der Waals surface area contributed by atoms with Gasteiger partial charge >= 0.3 is 0 Å². The highest BCUT2D eigenvalue weighted by Gasteiger charge is 2.16. The average Bonchev–Trinajstić information content (AvgIpc) is 2.65. The fourth-order valence-electron chi connectivity index (χ4n) is 2.42. The summed E-state index contributed by atoms with van der Waals surface area (Å²) in [5, 5.41) is 4.18. The van der Waals surface area contributed by atoms with Gasteiger partial charge < -0.3 is 11.1 Å². The molecule has 1 heterocycles. The Bertz CT molecular complexity index is 531. The minimum absolute atomic E-state index is 0.653. The molecule has 1 fully saturated rings. The number of nitrogen functional groups attached to an aromatic ring is 1. The van der Waals surface area contributed by atoms with Gasteiger partial charge in [-0.1, -0.05) is 36.7 Å². The highest BCUT2D eigenvalue weighted by molar-refractivity contribution is 7.22. The van der Waals surface area contributed by atoms with Crippen LogP contribution in [0.4, 0.5) is 5.13 Å². The molecule has 1 saturated carbocycles. The molecule has 0 radical (unpaired) electrons. The number of thiazole rings is 1. The molecule has 0 atom stereocenters. The zero-order valence-electron chi connectivity index (χ0n) is 10.5. The molecule has 2 aromatic rings. The van der Waals surface area contributed by atoms with E-state index in [1.165, 1.54) is 35.9 Å². The number of hydrogen-bond acceptors (Lipinski definition) is 4. The van der Waals surface area contributed by atoms with Crippen molar-refractivity contribution >= 4 is 26.7 Å². The van der Waals surface area contributed by atoms with Gasteiger partial charge in [0.2, 0.25) is 0 Å². The van der Waals surface area contributed by atoms with Gasteiger partial charge in [-0.05, 0) is 36.6 Å². The summed E-state index contributed by atoms with van der Waals surface area (Å²) >= 11 is 1.56. The number of nitrogens with two attached hydrogens (primary N) is 1. The van der Waals surface area contributed by atoms with E-state index < -0.39 is 0 Å². The predicted molar refractivity (Wildman–Crippen MR) is 77.7 cm³/mol. The maximum Gasteiger partial charge on any atom is 0.181 e. The van der Waals surface area contributed by atoms with Crippen LogP contribution in [0.15, 0.2) is 18.2 Å². The van der Waals surface area contributed by atoms with Crippen LogP contribution in [-0.4, -0.2) is 11.5 Å². The highest BCUT2D eigenvalue weighted by Crippen LogP contribution is 2.28. The van der Waals surface area contributed by atoms with Gasteiger partial charge in [0.1, 0.15) is 0 Å². The Morgan fingerprint density at radius 2 is 2.28 bits per heavy atom. The van der Waals surface area contributed by atoms with E-state index in [2.05, 4.69) is 28.5 Å². The van der Waals surface area contributed by atoms with E-state index in [4.69, 9.17) is 5.73 Å². The maximum atomic E-state index is 5.71. The monoisotopic (exact) mass is 261 g/mol. The summed E-state index contributed by atoms with van der Waals surface area (Å²) in [7, 11) is 0. The van der Waals surface area contributed by atoms with Crippen molar-refractivity contribution in [1.82, 2.24) is 10.3 Å². The zero-order chi connectivity index (χ0) is 12.4. The van der Waals surface area contributed by atoms with Gasteiger partial charge in [0, 0.05) is 6.54 Å². The van der Waals surface area contributed by atoms with Crippen molar-refractivity contribution in [2.75, 3.05) is 12.3 Å². The van der Waals surface area contributed by atoms with Crippen molar-refractivity contribution in [1.29, 1.82) is 0 Å². The lowest BCUT2D eigenvalue weighted by molar-refractivity contribution is 0.292. The van der Waals surface area contributed by atoms with Crippen LogP contribution in [0, 0.1) is 5.92 Å². The summed E-state index contributed by atoms with van der Waals surface area (Å²) in [6.07, 6.45) is 5.64. The number of nitrogens with one attached hydrogen (secondary N) is 1. The van der Waals surface area contributed by atoms with Gasteiger partial charge in [-0.3, -0.25) is 0 Å². The molecule has 0 unspecified atom stereocenters. The fourth-order valence-corrected chi connectivity index (χ4v) is 3.22. The molecule has 0 bridgehead atoms. The Balaban J connectivity index is 1.53. The summed E-state index contributed by atoms with van der Waals surface area (Å²) < 4.78 is 1.19. The molecular formula is C14H19N3S. The third-order valence-corrected chi connectivity index (χ3v) is 4.60. The third-order valence-electron chi connectivity index (χ3n) is 3.75. The van der Waals surface area contributed by atoms with Gasteiger partial charge in [0.25, 0.3) is 0 Å². The molecule has 0 aliphatic heterocycles. The first-order valence-corrected chi connectivity index (χ1v) is 7.48. The van der Waals surface area contributed by atoms with Gasteiger partial charge in [-0.25, -0.2) is 4.98 Å². The van der Waals surface area contributed by atoms with Crippen LogP contribution in [0.25, 0.3) is 10.2 Å². The topological polar surface area (TPSA) is 50.9 Å². The largest absolute Gasteiger partial charge is 0.375 e. The zero-order valence-corrected chi connectivity index (χ0v) is 11.3. The Morgan fingerprint density at radius 3 is 3.06 bits per heavy atom. The van der Waals surface area contributed by atoms with Crippen LogP contribution >= 0.6 is 11.3 Å². The van der Waals surface area contributed by atoms with E-state index in [0.29, 0.717) is 5.13 Å². The fraction of sp³-hybridized carbons (Fsp3) is 0.500. The van der Waals surface area contributed by atoms with Crippen molar-refractivity contribution < 1.29 is 0 Å². The number of benzene rings is 1. The van der Waals surface area contributed by atoms with Gasteiger partial charge in [-0.15, -0.1) is 0 Å². The molecule has 4 heteroatoms. The van der Waals surface area contributed by atoms with Crippen molar-refractivity contribution in [3.8, 4) is 0 Å². The first-order chi connectivity index (χ1) is 8.81. The normalized spacial score (nSPS) is 16.0. The summed E-state index contributed by atoms with van der Waals surface area (Å²) in [6.45, 7) is 2.08. The minimum Gasteiger partial charge on any atom is -0.375 e. The molecule has 1 aliphatic rings. The Kier molecular flexibility index (Phi) is 3.48. The number of nitrogens with zero attached hydrogens (tertiary/aromatic N) is 1. The predicted octanol–water partition coefficient (Wildman–Crippen LogP) is 3.16. The van der Waals surface area contributed by atoms with Crippen molar-refractivity contribution in [3.63, 3.8) is 0 Å². The molecule has 18 heavy (non-hydrogen) atoms. The molecule has 96 valence electrons. The molecule has 3 rings (SSSR count). The Hall–Kier alpha value is -1.13. The second kappa shape index (κ2) is 5.24. The Morgan fingerprint density at radius 1 is 1.39 bits per heavy atom. The van der Waals surface area contributed by atoms with Crippen LogP contribution in [0.3, 0.4) is 0 Å². The smallest absolute Gasteiger partial charge is 0.181 e. The van der Waals surface area contributed by atoms with Crippen LogP contribution in [0.5, 0.6) is 0 Å². The number of aromatic nitrogens is 1. The average molecular weight is 261 g/mol. The second-order valence-corrected chi connectivity index (χ2v) is 6.18. The first-order valence-electron chi connectivity index (χ1n) is 6.67. The van der Waals surface area contributed by atoms with Gasteiger partial charge in [-0.2, -0.15) is 0 Å². The van der Waals surface area contributed by atoms with Crippen molar-refractivity contribution in [3.05, 3.63) is 23.8 Å². The summed E-state index contributed by atoms with van der Waals surface area (Å²) in [5.74, 6) is 0.987. The summed E-state index contributed by atoms with van der Waals surface area (Å²) in [6, 6.07) is 6.39. The van der Waals surface area contributed by atoms with Crippen LogP contribution in [-0.2, 0) is 6.54 Å². The van der Waals surface area contributed by atoms with E-state index in [1.54, 1.807) is 11.3 Å². The molecule has 3 nitrogen and oxygen atoms in total. The lowest BCUT2D eigenvalue weighted by Crippen LogP contribution is -2.21. The Labute approximate surface area is 111 Å². The van der Waals surface area contributed by atoms with Gasteiger partial charge in [0.15, 0.2) is 5.13 Å². The minimum atomic E-state index is 0.653. The molecular weight excluding hydrogens is 242 g/mol. The van der Waals surface area contributed by atoms with Crippen LogP contribution in [0.1, 0.15) is 31.2 Å². The molecule has 0 amide bonds. The van der Waals surface area contributed by atoms with Crippen molar-refractivity contribution in [2.45, 2.75) is 32.2 Å². The lowest BCUT2D eigenvalue weighted by atomic mass is 9.83. The number of fused-ring (bicyclic) bond motifs is 1. The number of hydrogen-bond donors (Lipinski definition) is 2. The quantitative estimate of drug-likeness (QED) is 0.813. The maximum absolute atomic E-state index is 5.71. The summed E-state index contributed by atoms with van der Waals surface area (Å²) in [5.41, 5.74) is 8.04. The van der Waals surface area contributed by atoms with E-state index in [1.807, 2.05) is 0 Å². The summed E-state index contributed by atoms with van der Waals surface area (Å²) in [4.78, 5) is 4.27. The molecule has 1 aromatic heterocycles. The third kappa shape index (κ3) is 2.65. The highest BCUT2D eigenvalue weighted by atomic mass is 32.1. The molecule has 0 saturated heterocycles. The molecule has 3 N–H and O–H groups in total. The number of rotatable bonds is 5. The molecule has 0 spiro atoms. The van der Waals surface area contributed by atoms with Gasteiger partial charge in [0.05, 0.1) is 10.2 Å². The second-order valence-electron chi connectivity index (χ2n) is 5.12. The molecule has 1 aromatic carbocycles. The first kappa shape index (κ1) is 11.9. The SMILES string of the molecule is Nc1nc2ccc(CNCCC3CCC3)cc2s1. The van der Waals surface area contributed by atoms with E-state index >= 15 is 0 Å². The lowest BCUT2D eigenvalue weighted by Gasteiger charge is -2.25. The standard InChI is InChI=1S/C14H19N3S/c15-14-17-12-5-4-11(8-13(12)18-14)9-16-7-6-10-2-1-3-10/h4-5,8,10,16H,1-3,6-7,9H2,(H2,15,17).